The van der Waals surface area contributed by atoms with Crippen LogP contribution in [-0.4, -0.2) is 104 Å². The molecule has 1 fully saturated rings. The molecule has 0 radical (unpaired) electrons. The van der Waals surface area contributed by atoms with E-state index in [4.69, 9.17) is 37.9 Å². The molecule has 1 amide bonds. The maximum Gasteiger partial charge on any atom is 0.303 e. The first-order valence-electron chi connectivity index (χ1n) is 27.8. The fourth-order valence-electron chi connectivity index (χ4n) is 8.94. The van der Waals surface area contributed by atoms with Crippen LogP contribution in [-0.2, 0) is 71.5 Å². The minimum atomic E-state index is -1.57. The Kier molecular flexibility index (Phi) is 38.8. The van der Waals surface area contributed by atoms with Crippen molar-refractivity contribution < 1.29 is 71.5 Å². The Labute approximate surface area is 433 Å². The molecule has 2 unspecified atom stereocenters. The quantitative estimate of drug-likeness (QED) is 0.0261. The van der Waals surface area contributed by atoms with Crippen LogP contribution < -0.4 is 5.32 Å². The van der Waals surface area contributed by atoms with E-state index in [0.717, 1.165) is 65.7 Å². The number of ether oxygens (including phenoxy) is 8. The minimum Gasteiger partial charge on any atom is -0.463 e. The summed E-state index contributed by atoms with van der Waals surface area (Å²) in [6, 6.07) is -1.13. The highest BCUT2D eigenvalue weighted by Gasteiger charge is 2.53. The Morgan fingerprint density at radius 1 is 0.486 bits per heavy atom. The molecule has 0 aromatic carbocycles. The van der Waals surface area contributed by atoms with Crippen molar-refractivity contribution in [2.45, 2.75) is 291 Å². The Hall–Kier alpha value is -4.05. The second-order valence-electron chi connectivity index (χ2n) is 19.5. The fourth-order valence-corrected chi connectivity index (χ4v) is 8.94. The van der Waals surface area contributed by atoms with Crippen LogP contribution >= 0.6 is 0 Å². The van der Waals surface area contributed by atoms with Gasteiger partial charge in [-0.15, -0.1) is 0 Å². The lowest BCUT2D eigenvalue weighted by atomic mass is 9.98. The molecule has 1 rings (SSSR count). The predicted molar refractivity (Wildman–Crippen MR) is 275 cm³/mol. The van der Waals surface area contributed by atoms with Crippen molar-refractivity contribution in [3.63, 3.8) is 0 Å². The molecule has 1 aliphatic rings. The zero-order chi connectivity index (χ0) is 53.4. The molecule has 16 nitrogen and oxygen atoms in total. The fraction of sp³-hybridized carbons (Fsp3) is 0.839. The third kappa shape index (κ3) is 33.6. The van der Waals surface area contributed by atoms with Crippen LogP contribution in [0.25, 0.3) is 0 Å². The molecule has 8 atom stereocenters. The summed E-state index contributed by atoms with van der Waals surface area (Å²) >= 11 is 0. The Balaban J connectivity index is 3.27. The summed E-state index contributed by atoms with van der Waals surface area (Å²) in [5.41, 5.74) is 0. The normalized spacial score (nSPS) is 18.9. The van der Waals surface area contributed by atoms with Gasteiger partial charge in [0.1, 0.15) is 18.8 Å². The van der Waals surface area contributed by atoms with Gasteiger partial charge in [0.2, 0.25) is 0 Å². The summed E-state index contributed by atoms with van der Waals surface area (Å²) < 4.78 is 45.7. The van der Waals surface area contributed by atoms with Crippen LogP contribution in [0.4, 0.5) is 0 Å². The van der Waals surface area contributed by atoms with Crippen LogP contribution in [0.1, 0.15) is 242 Å². The molecule has 0 aromatic heterocycles. The zero-order valence-corrected chi connectivity index (χ0v) is 45.8. The molecule has 72 heavy (non-hydrogen) atoms. The lowest BCUT2D eigenvalue weighted by Gasteiger charge is -2.44. The van der Waals surface area contributed by atoms with E-state index in [1.807, 2.05) is 6.08 Å². The van der Waals surface area contributed by atoms with Gasteiger partial charge in [0.05, 0.1) is 12.6 Å². The summed E-state index contributed by atoms with van der Waals surface area (Å²) in [5.74, 6) is -5.03. The summed E-state index contributed by atoms with van der Waals surface area (Å²) in [5, 5.41) is 2.90. The lowest BCUT2D eigenvalue weighted by molar-refractivity contribution is -0.309. The van der Waals surface area contributed by atoms with Gasteiger partial charge in [-0.2, -0.15) is 0 Å². The molecule has 0 bridgehead atoms. The van der Waals surface area contributed by atoms with Crippen molar-refractivity contribution in [2.24, 2.45) is 0 Å². The van der Waals surface area contributed by atoms with Gasteiger partial charge in [-0.05, 0) is 31.8 Å². The van der Waals surface area contributed by atoms with Crippen molar-refractivity contribution in [2.75, 3.05) is 13.2 Å². The zero-order valence-electron chi connectivity index (χ0n) is 45.8. The third-order valence-electron chi connectivity index (χ3n) is 12.6. The molecule has 0 aliphatic carbocycles. The molecule has 0 aromatic rings. The van der Waals surface area contributed by atoms with Gasteiger partial charge in [0.15, 0.2) is 30.7 Å². The van der Waals surface area contributed by atoms with Crippen molar-refractivity contribution in [1.29, 1.82) is 0 Å². The van der Waals surface area contributed by atoms with E-state index in [1.54, 1.807) is 6.08 Å². The number of hydrogen-bond donors (Lipinski definition) is 1. The van der Waals surface area contributed by atoms with Crippen LogP contribution in [0.2, 0.25) is 0 Å². The monoisotopic (exact) mass is 1020 g/mol. The SMILES string of the molecule is CCCCCCCCCCCCCCC/C=C/C(OC(C)=O)[C@H](CO[C@@H]1O[C@H](COC(C)=O)[C@@H](OC(C)=O)[C@H](OC(C)=O)[C@H]1OC(C)=O)NC(=O)C(CCCCCCCCCCCCCCCC)OC(C)=O. The van der Waals surface area contributed by atoms with Crippen LogP contribution in [0.15, 0.2) is 12.2 Å². The minimum absolute atomic E-state index is 0.254. The number of carbonyl (C=O) groups excluding carboxylic acids is 7. The summed E-state index contributed by atoms with van der Waals surface area (Å²) in [4.78, 5) is 88.4. The van der Waals surface area contributed by atoms with E-state index in [0.29, 0.717) is 12.8 Å². The molecule has 0 saturated carbocycles. The molecule has 1 aliphatic heterocycles. The molecular formula is C56H97NO15. The molecular weight excluding hydrogens is 927 g/mol. The van der Waals surface area contributed by atoms with Gasteiger partial charge < -0.3 is 43.2 Å². The van der Waals surface area contributed by atoms with Gasteiger partial charge in [-0.1, -0.05) is 180 Å². The van der Waals surface area contributed by atoms with Crippen molar-refractivity contribution in [1.82, 2.24) is 5.32 Å². The predicted octanol–water partition coefficient (Wildman–Crippen LogP) is 11.3. The second-order valence-corrected chi connectivity index (χ2v) is 19.5. The average molecular weight is 1020 g/mol. The Morgan fingerprint density at radius 2 is 0.903 bits per heavy atom. The van der Waals surface area contributed by atoms with Gasteiger partial charge in [0, 0.05) is 41.5 Å². The molecule has 1 N–H and O–H groups in total. The maximum atomic E-state index is 14.2. The number of allylic oxidation sites excluding steroid dienone is 1. The van der Waals surface area contributed by atoms with E-state index >= 15 is 0 Å². The standard InChI is InChI=1S/C56H97NO15/c1-9-11-13-15-17-19-21-23-25-27-28-30-32-34-36-38-49(67-43(4)59)48(57-55(64)50(68-44(5)60)39-37-35-33-31-29-26-24-22-20-18-16-14-12-10-2)40-66-56-54(71-47(8)63)53(70-46(7)62)52(69-45(6)61)51(72-56)41-65-42(3)58/h36,38,48-54,56H,9-35,37,39-41H2,1-8H3,(H,57,64)/b38-36+/t48-,49?,50?,51+,52+,53-,54+,56+/m0/s1. The van der Waals surface area contributed by atoms with Crippen molar-refractivity contribution in [3.8, 4) is 0 Å². The first-order chi connectivity index (χ1) is 34.6. The molecule has 0 spiro atoms. The first-order valence-corrected chi connectivity index (χ1v) is 27.8. The number of carbonyl (C=O) groups is 7. The number of amides is 1. The largest absolute Gasteiger partial charge is 0.463 e. The highest BCUT2D eigenvalue weighted by atomic mass is 16.7. The maximum absolute atomic E-state index is 14.2. The van der Waals surface area contributed by atoms with Gasteiger partial charge in [-0.25, -0.2) is 0 Å². The molecule has 1 heterocycles. The van der Waals surface area contributed by atoms with E-state index < -0.39 is 104 Å². The number of rotatable bonds is 43. The molecule has 16 heteroatoms. The van der Waals surface area contributed by atoms with Crippen molar-refractivity contribution >= 4 is 41.7 Å². The van der Waals surface area contributed by atoms with E-state index in [2.05, 4.69) is 19.2 Å². The number of hydrogen-bond acceptors (Lipinski definition) is 15. The average Bonchev–Trinajstić information content (AvgIpc) is 3.31. The number of esters is 6. The van der Waals surface area contributed by atoms with Gasteiger partial charge >= 0.3 is 35.8 Å². The second kappa shape index (κ2) is 42.3. The van der Waals surface area contributed by atoms with E-state index in [1.165, 1.54) is 143 Å². The van der Waals surface area contributed by atoms with Crippen LogP contribution in [0.5, 0.6) is 0 Å². The summed E-state index contributed by atoms with van der Waals surface area (Å²) in [6.07, 6.45) is 27.0. The number of nitrogens with one attached hydrogen (secondary N) is 1. The molecule has 416 valence electrons. The molecule has 1 saturated heterocycles. The lowest BCUT2D eigenvalue weighted by Crippen LogP contribution is -2.63. The van der Waals surface area contributed by atoms with E-state index in [-0.39, 0.29) is 6.42 Å². The summed E-state index contributed by atoms with van der Waals surface area (Å²) in [6.45, 7) is 10.5. The highest BCUT2D eigenvalue weighted by Crippen LogP contribution is 2.30. The van der Waals surface area contributed by atoms with Crippen molar-refractivity contribution in [3.05, 3.63) is 12.2 Å². The summed E-state index contributed by atoms with van der Waals surface area (Å²) in [7, 11) is 0. The third-order valence-corrected chi connectivity index (χ3v) is 12.6. The smallest absolute Gasteiger partial charge is 0.303 e. The van der Waals surface area contributed by atoms with Crippen LogP contribution in [0.3, 0.4) is 0 Å². The topological polar surface area (TPSA) is 205 Å². The van der Waals surface area contributed by atoms with Gasteiger partial charge in [0.25, 0.3) is 5.91 Å². The Morgan fingerprint density at radius 3 is 1.33 bits per heavy atom. The van der Waals surface area contributed by atoms with Gasteiger partial charge in [-0.3, -0.25) is 33.6 Å². The van der Waals surface area contributed by atoms with E-state index in [9.17, 15) is 33.6 Å². The Bertz CT molecular complexity index is 1540. The van der Waals surface area contributed by atoms with Crippen LogP contribution in [0, 0.1) is 0 Å². The number of unbranched alkanes of at least 4 members (excludes halogenated alkanes) is 26. The highest BCUT2D eigenvalue weighted by molar-refractivity contribution is 5.83. The first kappa shape index (κ1) is 66.0.